The minimum atomic E-state index is 0.741. The molecule has 2 aromatic carbocycles. The Kier molecular flexibility index (Phi) is 5.92. The lowest BCUT2D eigenvalue weighted by molar-refractivity contribution is 0.508. The van der Waals surface area contributed by atoms with Gasteiger partial charge in [0.2, 0.25) is 0 Å². The minimum Gasteiger partial charge on any atom is -0.372 e. The zero-order chi connectivity index (χ0) is 17.6. The molecule has 132 valence electrons. The number of piperidine rings is 1. The molecule has 1 fully saturated rings. The Bertz CT molecular complexity index is 705. The summed E-state index contributed by atoms with van der Waals surface area (Å²) in [6.07, 6.45) is 3.98. The number of benzene rings is 2. The number of nitrogens with one attached hydrogen (secondary N) is 1. The Morgan fingerprint density at radius 2 is 1.80 bits per heavy atom. The molecule has 0 saturated carbocycles. The first-order valence-corrected chi connectivity index (χ1v) is 9.45. The summed E-state index contributed by atoms with van der Waals surface area (Å²) in [6, 6.07) is 17.2. The van der Waals surface area contributed by atoms with E-state index in [4.69, 9.17) is 12.2 Å². The SMILES string of the molecule is Cc1cccc(NC(=S)N(C)Cc2ccc(N3CCCCC3)cc2)c1. The molecular weight excluding hydrogens is 326 g/mol. The van der Waals surface area contributed by atoms with Gasteiger partial charge in [-0.05, 0) is 73.8 Å². The zero-order valence-electron chi connectivity index (χ0n) is 15.2. The summed E-state index contributed by atoms with van der Waals surface area (Å²) in [5, 5.41) is 4.06. The first kappa shape index (κ1) is 17.7. The van der Waals surface area contributed by atoms with Crippen LogP contribution in [0.15, 0.2) is 48.5 Å². The van der Waals surface area contributed by atoms with Crippen molar-refractivity contribution in [2.24, 2.45) is 0 Å². The van der Waals surface area contributed by atoms with Crippen molar-refractivity contribution in [3.63, 3.8) is 0 Å². The third-order valence-corrected chi connectivity index (χ3v) is 5.11. The average molecular weight is 354 g/mol. The van der Waals surface area contributed by atoms with Crippen LogP contribution in [0.25, 0.3) is 0 Å². The number of aryl methyl sites for hydroxylation is 1. The predicted molar refractivity (Wildman–Crippen MR) is 111 cm³/mol. The third kappa shape index (κ3) is 4.95. The van der Waals surface area contributed by atoms with Crippen LogP contribution in [0.4, 0.5) is 11.4 Å². The summed E-state index contributed by atoms with van der Waals surface area (Å²) < 4.78 is 0. The van der Waals surface area contributed by atoms with Gasteiger partial charge in [0.25, 0.3) is 0 Å². The topological polar surface area (TPSA) is 18.5 Å². The van der Waals surface area contributed by atoms with Gasteiger partial charge in [-0.25, -0.2) is 0 Å². The van der Waals surface area contributed by atoms with Crippen LogP contribution in [0.1, 0.15) is 30.4 Å². The molecule has 0 radical (unpaired) electrons. The Morgan fingerprint density at radius 1 is 1.08 bits per heavy atom. The van der Waals surface area contributed by atoms with Crippen LogP contribution in [0.2, 0.25) is 0 Å². The molecular formula is C21H27N3S. The number of hydrogen-bond acceptors (Lipinski definition) is 2. The molecule has 0 aromatic heterocycles. The molecule has 2 aromatic rings. The standard InChI is InChI=1S/C21H27N3S/c1-17-7-6-8-19(15-17)22-21(25)23(2)16-18-9-11-20(12-10-18)24-13-4-3-5-14-24/h6-12,15H,3-5,13-14,16H2,1-2H3,(H,22,25). The summed E-state index contributed by atoms with van der Waals surface area (Å²) >= 11 is 5.54. The molecule has 1 N–H and O–H groups in total. The van der Waals surface area contributed by atoms with Crippen LogP contribution in [0.5, 0.6) is 0 Å². The lowest BCUT2D eigenvalue weighted by atomic mass is 10.1. The van der Waals surface area contributed by atoms with Crippen molar-refractivity contribution < 1.29 is 0 Å². The quantitative estimate of drug-likeness (QED) is 0.795. The maximum Gasteiger partial charge on any atom is 0.173 e. The molecule has 1 saturated heterocycles. The summed E-state index contributed by atoms with van der Waals surface area (Å²) in [4.78, 5) is 4.56. The summed E-state index contributed by atoms with van der Waals surface area (Å²) in [5.41, 5.74) is 4.88. The predicted octanol–water partition coefficient (Wildman–Crippen LogP) is 4.81. The van der Waals surface area contributed by atoms with Crippen molar-refractivity contribution in [1.29, 1.82) is 0 Å². The van der Waals surface area contributed by atoms with Gasteiger partial charge in [-0.2, -0.15) is 0 Å². The number of hydrogen-bond donors (Lipinski definition) is 1. The monoisotopic (exact) mass is 353 g/mol. The van der Waals surface area contributed by atoms with Crippen molar-refractivity contribution in [3.8, 4) is 0 Å². The maximum absolute atomic E-state index is 5.54. The van der Waals surface area contributed by atoms with Crippen LogP contribution >= 0.6 is 12.2 Å². The first-order chi connectivity index (χ1) is 12.1. The molecule has 0 bridgehead atoms. The van der Waals surface area contributed by atoms with E-state index in [2.05, 4.69) is 58.4 Å². The molecule has 1 aliphatic rings. The van der Waals surface area contributed by atoms with Gasteiger partial charge >= 0.3 is 0 Å². The van der Waals surface area contributed by atoms with Crippen molar-refractivity contribution in [2.45, 2.75) is 32.7 Å². The van der Waals surface area contributed by atoms with Gasteiger partial charge in [0, 0.05) is 38.1 Å². The highest BCUT2D eigenvalue weighted by atomic mass is 32.1. The van der Waals surface area contributed by atoms with Gasteiger partial charge in [0.15, 0.2) is 5.11 Å². The zero-order valence-corrected chi connectivity index (χ0v) is 16.0. The molecule has 0 aliphatic carbocycles. The molecule has 1 heterocycles. The number of thiocarbonyl (C=S) groups is 1. The largest absolute Gasteiger partial charge is 0.372 e. The Hall–Kier alpha value is -2.07. The van der Waals surface area contributed by atoms with Gasteiger partial charge in [0.05, 0.1) is 0 Å². The second-order valence-corrected chi connectivity index (χ2v) is 7.26. The van der Waals surface area contributed by atoms with Crippen molar-refractivity contribution in [1.82, 2.24) is 4.90 Å². The highest BCUT2D eigenvalue weighted by molar-refractivity contribution is 7.80. The molecule has 3 nitrogen and oxygen atoms in total. The fourth-order valence-corrected chi connectivity index (χ4v) is 3.43. The van der Waals surface area contributed by atoms with Gasteiger partial charge in [0.1, 0.15) is 0 Å². The lowest BCUT2D eigenvalue weighted by Crippen LogP contribution is -2.31. The van der Waals surface area contributed by atoms with Gasteiger partial charge in [-0.15, -0.1) is 0 Å². The van der Waals surface area contributed by atoms with E-state index in [1.165, 1.54) is 49.2 Å². The number of nitrogens with zero attached hydrogens (tertiary/aromatic N) is 2. The molecule has 0 unspecified atom stereocenters. The average Bonchev–Trinajstić information content (AvgIpc) is 2.63. The highest BCUT2D eigenvalue weighted by Crippen LogP contribution is 2.20. The summed E-state index contributed by atoms with van der Waals surface area (Å²) in [5.74, 6) is 0. The van der Waals surface area contributed by atoms with E-state index in [1.807, 2.05) is 19.2 Å². The van der Waals surface area contributed by atoms with Gasteiger partial charge < -0.3 is 15.1 Å². The van der Waals surface area contributed by atoms with Crippen molar-refractivity contribution in [3.05, 3.63) is 59.7 Å². The highest BCUT2D eigenvalue weighted by Gasteiger charge is 2.11. The van der Waals surface area contributed by atoms with Crippen LogP contribution in [-0.2, 0) is 6.54 Å². The van der Waals surface area contributed by atoms with Gasteiger partial charge in [-0.3, -0.25) is 0 Å². The molecule has 25 heavy (non-hydrogen) atoms. The maximum atomic E-state index is 5.54. The van der Waals surface area contributed by atoms with E-state index in [0.717, 1.165) is 17.3 Å². The Labute approximate surface area is 156 Å². The van der Waals surface area contributed by atoms with E-state index < -0.39 is 0 Å². The van der Waals surface area contributed by atoms with Crippen molar-refractivity contribution >= 4 is 28.7 Å². The third-order valence-electron chi connectivity index (χ3n) is 4.69. The van der Waals surface area contributed by atoms with E-state index in [9.17, 15) is 0 Å². The first-order valence-electron chi connectivity index (χ1n) is 9.04. The van der Waals surface area contributed by atoms with Crippen LogP contribution < -0.4 is 10.2 Å². The van der Waals surface area contributed by atoms with Crippen LogP contribution in [0, 0.1) is 6.92 Å². The van der Waals surface area contributed by atoms with E-state index in [1.54, 1.807) is 0 Å². The minimum absolute atomic E-state index is 0.741. The van der Waals surface area contributed by atoms with E-state index >= 15 is 0 Å². The van der Waals surface area contributed by atoms with E-state index in [-0.39, 0.29) is 0 Å². The summed E-state index contributed by atoms with van der Waals surface area (Å²) in [7, 11) is 2.03. The molecule has 4 heteroatoms. The van der Waals surface area contributed by atoms with E-state index in [0.29, 0.717) is 0 Å². The smallest absolute Gasteiger partial charge is 0.173 e. The lowest BCUT2D eigenvalue weighted by Gasteiger charge is -2.29. The number of anilines is 2. The Balaban J connectivity index is 1.56. The second-order valence-electron chi connectivity index (χ2n) is 6.87. The second kappa shape index (κ2) is 8.34. The van der Waals surface area contributed by atoms with Crippen LogP contribution in [0.3, 0.4) is 0 Å². The molecule has 0 atom stereocenters. The van der Waals surface area contributed by atoms with Gasteiger partial charge in [-0.1, -0.05) is 24.3 Å². The molecule has 1 aliphatic heterocycles. The van der Waals surface area contributed by atoms with Crippen LogP contribution in [-0.4, -0.2) is 30.1 Å². The summed E-state index contributed by atoms with van der Waals surface area (Å²) in [6.45, 7) is 5.26. The van der Waals surface area contributed by atoms with Crippen molar-refractivity contribution in [2.75, 3.05) is 30.4 Å². The Morgan fingerprint density at radius 3 is 2.48 bits per heavy atom. The normalized spacial score (nSPS) is 14.2. The molecule has 0 spiro atoms. The fourth-order valence-electron chi connectivity index (χ4n) is 3.25. The fraction of sp³-hybridized carbons (Fsp3) is 0.381. The number of rotatable bonds is 4. The molecule has 3 rings (SSSR count). The molecule has 0 amide bonds.